The molecular formula is C5H8BF3N2. The maximum absolute atomic E-state index is 11.8. The number of aromatic nitrogens is 2. The minimum atomic E-state index is -4.72. The maximum Gasteiger partial charge on any atom is 0.519 e. The SMILES string of the molecule is C[n+]1ccn(C[B-](F)(F)F)c1. The van der Waals surface area contributed by atoms with Gasteiger partial charge in [-0.25, -0.2) is 4.57 Å². The molecule has 0 bridgehead atoms. The number of aryl methyl sites for hydroxylation is 1. The van der Waals surface area contributed by atoms with Crippen molar-refractivity contribution >= 4 is 6.98 Å². The summed E-state index contributed by atoms with van der Waals surface area (Å²) in [5.74, 6) is 0. The summed E-state index contributed by atoms with van der Waals surface area (Å²) in [5.41, 5.74) is 0. The monoisotopic (exact) mass is 164 g/mol. The lowest BCUT2D eigenvalue weighted by atomic mass is 9.92. The second-order valence-electron chi connectivity index (χ2n) is 2.49. The Hall–Kier alpha value is -0.935. The molecule has 0 aliphatic rings. The molecule has 0 unspecified atom stereocenters. The zero-order chi connectivity index (χ0) is 8.48. The molecule has 0 aliphatic heterocycles. The molecule has 0 atom stereocenters. The summed E-state index contributed by atoms with van der Waals surface area (Å²) in [7, 11) is 1.68. The Kier molecular flexibility index (Phi) is 1.93. The van der Waals surface area contributed by atoms with Crippen molar-refractivity contribution in [2.45, 2.75) is 6.44 Å². The van der Waals surface area contributed by atoms with Gasteiger partial charge in [0.1, 0.15) is 12.4 Å². The largest absolute Gasteiger partial charge is 0.519 e. The van der Waals surface area contributed by atoms with E-state index in [1.165, 1.54) is 12.5 Å². The van der Waals surface area contributed by atoms with E-state index in [0.29, 0.717) is 0 Å². The third kappa shape index (κ3) is 2.65. The van der Waals surface area contributed by atoms with Crippen LogP contribution in [0.1, 0.15) is 0 Å². The van der Waals surface area contributed by atoms with Crippen LogP contribution in [0.4, 0.5) is 12.9 Å². The Morgan fingerprint density at radius 3 is 2.45 bits per heavy atom. The summed E-state index contributed by atoms with van der Waals surface area (Å²) in [6, 6.07) is 0. The number of hydrogen-bond donors (Lipinski definition) is 0. The molecule has 0 aromatic carbocycles. The number of halogens is 3. The van der Waals surface area contributed by atoms with Crippen LogP contribution >= 0.6 is 0 Å². The molecule has 62 valence electrons. The van der Waals surface area contributed by atoms with Gasteiger partial charge in [0, 0.05) is 0 Å². The summed E-state index contributed by atoms with van der Waals surface area (Å²) < 4.78 is 38.0. The Labute approximate surface area is 62.3 Å². The summed E-state index contributed by atoms with van der Waals surface area (Å²) in [4.78, 5) is 0. The molecule has 6 heteroatoms. The quantitative estimate of drug-likeness (QED) is 0.449. The van der Waals surface area contributed by atoms with E-state index >= 15 is 0 Å². The van der Waals surface area contributed by atoms with Gasteiger partial charge in [0.25, 0.3) is 0 Å². The zero-order valence-corrected chi connectivity index (χ0v) is 6.04. The molecule has 0 aliphatic carbocycles. The van der Waals surface area contributed by atoms with Gasteiger partial charge in [-0.05, 0) is 0 Å². The number of rotatable bonds is 2. The van der Waals surface area contributed by atoms with E-state index in [0.717, 1.165) is 4.57 Å². The number of imidazole rings is 1. The minimum Gasteiger partial charge on any atom is -0.446 e. The van der Waals surface area contributed by atoms with E-state index < -0.39 is 13.4 Å². The molecule has 1 heterocycles. The second kappa shape index (κ2) is 2.60. The average molecular weight is 164 g/mol. The average Bonchev–Trinajstić information content (AvgIpc) is 2.10. The third-order valence-electron chi connectivity index (χ3n) is 1.24. The third-order valence-corrected chi connectivity index (χ3v) is 1.24. The van der Waals surface area contributed by atoms with E-state index in [9.17, 15) is 12.9 Å². The van der Waals surface area contributed by atoms with Gasteiger partial charge in [-0.1, -0.05) is 0 Å². The Morgan fingerprint density at radius 2 is 2.09 bits per heavy atom. The fourth-order valence-electron chi connectivity index (χ4n) is 0.849. The summed E-state index contributed by atoms with van der Waals surface area (Å²) >= 11 is 0. The van der Waals surface area contributed by atoms with Gasteiger partial charge in [-0.15, -0.1) is 0 Å². The highest BCUT2D eigenvalue weighted by Crippen LogP contribution is 2.10. The van der Waals surface area contributed by atoms with Crippen LogP contribution in [0.5, 0.6) is 0 Å². The molecule has 2 nitrogen and oxygen atoms in total. The van der Waals surface area contributed by atoms with Crippen molar-refractivity contribution in [1.82, 2.24) is 4.57 Å². The molecular weight excluding hydrogens is 156 g/mol. The van der Waals surface area contributed by atoms with E-state index in [4.69, 9.17) is 0 Å². The van der Waals surface area contributed by atoms with Gasteiger partial charge in [-0.3, -0.25) is 4.57 Å². The van der Waals surface area contributed by atoms with Gasteiger partial charge in [0.2, 0.25) is 6.33 Å². The van der Waals surface area contributed by atoms with Crippen LogP contribution in [0.2, 0.25) is 0 Å². The van der Waals surface area contributed by atoms with Crippen molar-refractivity contribution in [2.24, 2.45) is 7.05 Å². The van der Waals surface area contributed by atoms with Gasteiger partial charge < -0.3 is 12.9 Å². The normalized spacial score (nSPS) is 12.0. The molecule has 0 spiro atoms. The molecule has 0 radical (unpaired) electrons. The summed E-state index contributed by atoms with van der Waals surface area (Å²) in [6.07, 6.45) is 3.51. The number of nitrogens with zero attached hydrogens (tertiary/aromatic N) is 2. The first-order chi connectivity index (χ1) is 4.97. The van der Waals surface area contributed by atoms with E-state index in [1.807, 2.05) is 0 Å². The smallest absolute Gasteiger partial charge is 0.446 e. The van der Waals surface area contributed by atoms with Crippen LogP contribution in [0, 0.1) is 0 Å². The Bertz CT molecular complexity index is 242. The standard InChI is InChI=1S/C5H8BF3N2/c1-10-2-3-11(5-10)4-6(7,8)9/h2-3,5H,4H2,1H3. The van der Waals surface area contributed by atoms with Gasteiger partial charge >= 0.3 is 6.98 Å². The molecule has 0 N–H and O–H groups in total. The zero-order valence-electron chi connectivity index (χ0n) is 6.04. The molecule has 1 aromatic rings. The van der Waals surface area contributed by atoms with Gasteiger partial charge in [-0.2, -0.15) is 0 Å². The predicted octanol–water partition coefficient (Wildman–Crippen LogP) is 0.699. The summed E-state index contributed by atoms with van der Waals surface area (Å²) in [6.45, 7) is -4.72. The molecule has 0 amide bonds. The molecule has 1 rings (SSSR count). The van der Waals surface area contributed by atoms with Crippen LogP contribution in [0.3, 0.4) is 0 Å². The first kappa shape index (κ1) is 8.16. The Morgan fingerprint density at radius 1 is 1.45 bits per heavy atom. The molecule has 1 aromatic heterocycles. The van der Waals surface area contributed by atoms with E-state index in [2.05, 4.69) is 0 Å². The molecule has 0 saturated carbocycles. The number of hydrogen-bond acceptors (Lipinski definition) is 0. The van der Waals surface area contributed by atoms with Crippen molar-refractivity contribution in [3.63, 3.8) is 0 Å². The van der Waals surface area contributed by atoms with Crippen LogP contribution in [0.25, 0.3) is 0 Å². The first-order valence-electron chi connectivity index (χ1n) is 3.19. The lowest BCUT2D eigenvalue weighted by Gasteiger charge is -2.09. The molecule has 0 saturated heterocycles. The maximum atomic E-state index is 11.8. The lowest BCUT2D eigenvalue weighted by Crippen LogP contribution is -2.27. The van der Waals surface area contributed by atoms with Crippen LogP contribution < -0.4 is 4.57 Å². The topological polar surface area (TPSA) is 8.81 Å². The van der Waals surface area contributed by atoms with E-state index in [1.54, 1.807) is 17.8 Å². The highest BCUT2D eigenvalue weighted by molar-refractivity contribution is 6.57. The van der Waals surface area contributed by atoms with Crippen molar-refractivity contribution in [3.05, 3.63) is 18.7 Å². The summed E-state index contributed by atoms with van der Waals surface area (Å²) in [5, 5.41) is 0. The van der Waals surface area contributed by atoms with Crippen molar-refractivity contribution in [3.8, 4) is 0 Å². The van der Waals surface area contributed by atoms with Gasteiger partial charge in [0.05, 0.1) is 13.5 Å². The second-order valence-corrected chi connectivity index (χ2v) is 2.49. The van der Waals surface area contributed by atoms with Crippen LogP contribution in [-0.4, -0.2) is 11.5 Å². The molecule has 11 heavy (non-hydrogen) atoms. The predicted molar refractivity (Wildman–Crippen MR) is 34.7 cm³/mol. The first-order valence-corrected chi connectivity index (χ1v) is 3.19. The fraction of sp³-hybridized carbons (Fsp3) is 0.400. The van der Waals surface area contributed by atoms with Crippen molar-refractivity contribution in [2.75, 3.05) is 0 Å². The minimum absolute atomic E-state index is 0.860. The van der Waals surface area contributed by atoms with Gasteiger partial charge in [0.15, 0.2) is 0 Å². The van der Waals surface area contributed by atoms with Crippen LogP contribution in [0.15, 0.2) is 18.7 Å². The van der Waals surface area contributed by atoms with Crippen molar-refractivity contribution < 1.29 is 17.5 Å². The van der Waals surface area contributed by atoms with Crippen LogP contribution in [-0.2, 0) is 13.5 Å². The highest BCUT2D eigenvalue weighted by atomic mass is 19.4. The lowest BCUT2D eigenvalue weighted by molar-refractivity contribution is -0.671. The highest BCUT2D eigenvalue weighted by Gasteiger charge is 2.26. The Balaban J connectivity index is 2.65. The van der Waals surface area contributed by atoms with Crippen molar-refractivity contribution in [1.29, 1.82) is 0 Å². The fourth-order valence-corrected chi connectivity index (χ4v) is 0.849. The van der Waals surface area contributed by atoms with E-state index in [-0.39, 0.29) is 0 Å². The molecule has 0 fully saturated rings.